The van der Waals surface area contributed by atoms with Crippen LogP contribution in [0.4, 0.5) is 0 Å². The van der Waals surface area contributed by atoms with Gasteiger partial charge in [-0.05, 0) is 48.7 Å². The number of aliphatic hydroxyl groups is 1. The van der Waals surface area contributed by atoms with Crippen LogP contribution in [0.15, 0.2) is 48.5 Å². The van der Waals surface area contributed by atoms with Crippen LogP contribution in [0.3, 0.4) is 0 Å². The summed E-state index contributed by atoms with van der Waals surface area (Å²) in [5.74, 6) is -3.59. The minimum atomic E-state index is -1.58. The van der Waals surface area contributed by atoms with Gasteiger partial charge in [0.1, 0.15) is 29.6 Å². The maximum atomic E-state index is 12.8. The maximum Gasteiger partial charge on any atom is 0.328 e. The number of nitrogens with two attached hydrogens (primary N) is 1. The topological polar surface area (TPSA) is 211 Å². The van der Waals surface area contributed by atoms with Crippen LogP contribution in [0.2, 0.25) is 0 Å². The zero-order valence-corrected chi connectivity index (χ0v) is 19.5. The third-order valence-electron chi connectivity index (χ3n) is 5.29. The molecule has 3 amide bonds. The van der Waals surface area contributed by atoms with Gasteiger partial charge in [-0.3, -0.25) is 14.4 Å². The maximum absolute atomic E-state index is 12.8. The standard InChI is InChI=1S/C24H30N4O8/c1-13(26-22(33)18(25)10-14-2-6-16(30)7-3-14)21(32)27-19(11-15-4-8-17(31)9-5-15)23(34)28-20(12-29)24(35)36/h2-9,13,18-20,29-31H,10-12,25H2,1H3,(H,26,33)(H,27,32)(H,28,34)(H,35,36). The number of benzene rings is 2. The number of aromatic hydroxyl groups is 2. The number of carboxylic acids is 1. The molecule has 0 radical (unpaired) electrons. The van der Waals surface area contributed by atoms with Crippen molar-refractivity contribution in [3.63, 3.8) is 0 Å². The van der Waals surface area contributed by atoms with Crippen LogP contribution in [0.1, 0.15) is 18.1 Å². The van der Waals surface area contributed by atoms with E-state index in [4.69, 9.17) is 10.8 Å². The molecule has 194 valence electrons. The van der Waals surface area contributed by atoms with Gasteiger partial charge in [0.15, 0.2) is 0 Å². The molecule has 0 aliphatic rings. The van der Waals surface area contributed by atoms with Crippen molar-refractivity contribution >= 4 is 23.7 Å². The van der Waals surface area contributed by atoms with Gasteiger partial charge in [0.25, 0.3) is 0 Å². The molecule has 0 saturated heterocycles. The van der Waals surface area contributed by atoms with Gasteiger partial charge in [-0.2, -0.15) is 0 Å². The van der Waals surface area contributed by atoms with Crippen molar-refractivity contribution in [2.45, 2.75) is 43.9 Å². The summed E-state index contributed by atoms with van der Waals surface area (Å²) >= 11 is 0. The fourth-order valence-corrected chi connectivity index (χ4v) is 3.20. The SMILES string of the molecule is CC(NC(=O)C(N)Cc1ccc(O)cc1)C(=O)NC(Cc1ccc(O)cc1)C(=O)NC(CO)C(=O)O. The van der Waals surface area contributed by atoms with Crippen LogP contribution >= 0.6 is 0 Å². The lowest BCUT2D eigenvalue weighted by Crippen LogP contribution is -2.57. The van der Waals surface area contributed by atoms with E-state index in [9.17, 15) is 34.5 Å². The first-order valence-corrected chi connectivity index (χ1v) is 11.1. The number of phenols is 2. The Morgan fingerprint density at radius 3 is 1.69 bits per heavy atom. The first-order valence-electron chi connectivity index (χ1n) is 11.1. The van der Waals surface area contributed by atoms with E-state index in [-0.39, 0.29) is 24.3 Å². The van der Waals surface area contributed by atoms with E-state index >= 15 is 0 Å². The Bertz CT molecular complexity index is 1060. The molecule has 9 N–H and O–H groups in total. The largest absolute Gasteiger partial charge is 0.508 e. The highest BCUT2D eigenvalue weighted by Crippen LogP contribution is 2.12. The van der Waals surface area contributed by atoms with Crippen LogP contribution in [-0.2, 0) is 32.0 Å². The number of hydrogen-bond acceptors (Lipinski definition) is 8. The van der Waals surface area contributed by atoms with E-state index in [0.717, 1.165) is 0 Å². The molecule has 4 atom stereocenters. The number of rotatable bonds is 12. The molecule has 4 unspecified atom stereocenters. The van der Waals surface area contributed by atoms with E-state index < -0.39 is 54.5 Å². The van der Waals surface area contributed by atoms with E-state index in [1.165, 1.54) is 43.3 Å². The first-order chi connectivity index (χ1) is 17.0. The van der Waals surface area contributed by atoms with Crippen molar-refractivity contribution in [1.82, 2.24) is 16.0 Å². The molecule has 12 heteroatoms. The molecule has 0 saturated carbocycles. The Morgan fingerprint density at radius 2 is 1.22 bits per heavy atom. The molecule has 0 spiro atoms. The molecule has 2 rings (SSSR count). The zero-order valence-electron chi connectivity index (χ0n) is 19.5. The van der Waals surface area contributed by atoms with Gasteiger partial charge in [-0.1, -0.05) is 24.3 Å². The number of nitrogens with one attached hydrogen (secondary N) is 3. The lowest BCUT2D eigenvalue weighted by molar-refractivity contribution is -0.143. The second kappa shape index (κ2) is 13.1. The van der Waals surface area contributed by atoms with Crippen molar-refractivity contribution in [1.29, 1.82) is 0 Å². The predicted octanol–water partition coefficient (Wildman–Crippen LogP) is -1.24. The lowest BCUT2D eigenvalue weighted by Gasteiger charge is -2.23. The Kier molecular flexibility index (Phi) is 10.2. The number of carboxylic acid groups (broad SMARTS) is 1. The fraction of sp³-hybridized carbons (Fsp3) is 0.333. The Morgan fingerprint density at radius 1 is 0.750 bits per heavy atom. The van der Waals surface area contributed by atoms with E-state index in [1.807, 2.05) is 0 Å². The van der Waals surface area contributed by atoms with Crippen molar-refractivity contribution in [3.05, 3.63) is 59.7 Å². The summed E-state index contributed by atoms with van der Waals surface area (Å²) in [4.78, 5) is 49.1. The molecule has 2 aromatic rings. The number of carbonyl (C=O) groups is 4. The van der Waals surface area contributed by atoms with Crippen LogP contribution in [0.25, 0.3) is 0 Å². The number of phenolic OH excluding ortho intramolecular Hbond substituents is 2. The Hall–Kier alpha value is -4.16. The molecule has 0 aromatic heterocycles. The normalized spacial score (nSPS) is 14.1. The summed E-state index contributed by atoms with van der Waals surface area (Å²) < 4.78 is 0. The van der Waals surface area contributed by atoms with Gasteiger partial charge in [-0.15, -0.1) is 0 Å². The van der Waals surface area contributed by atoms with Gasteiger partial charge in [-0.25, -0.2) is 4.79 Å². The van der Waals surface area contributed by atoms with Crippen LogP contribution < -0.4 is 21.7 Å². The predicted molar refractivity (Wildman–Crippen MR) is 128 cm³/mol. The summed E-state index contributed by atoms with van der Waals surface area (Å²) in [5.41, 5.74) is 7.18. The second-order valence-electron chi connectivity index (χ2n) is 8.22. The molecule has 0 aliphatic heterocycles. The molecule has 0 heterocycles. The Balaban J connectivity index is 2.05. The molecule has 36 heavy (non-hydrogen) atoms. The molecule has 0 fully saturated rings. The zero-order chi connectivity index (χ0) is 26.8. The summed E-state index contributed by atoms with van der Waals surface area (Å²) in [7, 11) is 0. The van der Waals surface area contributed by atoms with Crippen molar-refractivity contribution < 1.29 is 39.6 Å². The molecule has 2 aromatic carbocycles. The lowest BCUT2D eigenvalue weighted by atomic mass is 10.0. The first kappa shape index (κ1) is 28.1. The van der Waals surface area contributed by atoms with Gasteiger partial charge in [0, 0.05) is 6.42 Å². The van der Waals surface area contributed by atoms with Gasteiger partial charge in [0.2, 0.25) is 17.7 Å². The average molecular weight is 503 g/mol. The van der Waals surface area contributed by atoms with Crippen LogP contribution in [-0.4, -0.2) is 74.9 Å². The third kappa shape index (κ3) is 8.56. The van der Waals surface area contributed by atoms with E-state index in [1.54, 1.807) is 12.1 Å². The fourth-order valence-electron chi connectivity index (χ4n) is 3.20. The van der Waals surface area contributed by atoms with Crippen molar-refractivity contribution in [3.8, 4) is 11.5 Å². The Labute approximate surface area is 207 Å². The van der Waals surface area contributed by atoms with Crippen molar-refractivity contribution in [2.24, 2.45) is 5.73 Å². The van der Waals surface area contributed by atoms with E-state index in [2.05, 4.69) is 16.0 Å². The summed E-state index contributed by atoms with van der Waals surface area (Å²) in [6, 6.07) is 7.06. The monoisotopic (exact) mass is 502 g/mol. The molecular weight excluding hydrogens is 472 g/mol. The molecule has 0 bridgehead atoms. The van der Waals surface area contributed by atoms with Crippen LogP contribution in [0, 0.1) is 0 Å². The smallest absolute Gasteiger partial charge is 0.328 e. The summed E-state index contributed by atoms with van der Waals surface area (Å²) in [6.45, 7) is 0.538. The highest BCUT2D eigenvalue weighted by Gasteiger charge is 2.29. The van der Waals surface area contributed by atoms with Gasteiger partial charge in [0.05, 0.1) is 12.6 Å². The number of amides is 3. The van der Waals surface area contributed by atoms with Gasteiger partial charge < -0.3 is 42.1 Å². The van der Waals surface area contributed by atoms with Crippen LogP contribution in [0.5, 0.6) is 11.5 Å². The quantitative estimate of drug-likeness (QED) is 0.174. The highest BCUT2D eigenvalue weighted by atomic mass is 16.4. The molecular formula is C24H30N4O8. The number of aliphatic hydroxyl groups excluding tert-OH is 1. The van der Waals surface area contributed by atoms with Gasteiger partial charge >= 0.3 is 5.97 Å². The van der Waals surface area contributed by atoms with E-state index in [0.29, 0.717) is 11.1 Å². The average Bonchev–Trinajstić information content (AvgIpc) is 2.84. The number of carbonyl (C=O) groups excluding carboxylic acids is 3. The summed E-state index contributed by atoms with van der Waals surface area (Å²) in [6.07, 6.45) is 0.0979. The molecule has 12 nitrogen and oxygen atoms in total. The number of hydrogen-bond donors (Lipinski definition) is 8. The molecule has 0 aliphatic carbocycles. The summed E-state index contributed by atoms with van der Waals surface area (Å²) in [5, 5.41) is 44.2. The number of aliphatic carboxylic acids is 1. The minimum Gasteiger partial charge on any atom is -0.508 e. The minimum absolute atomic E-state index is 0.00464. The van der Waals surface area contributed by atoms with Crippen molar-refractivity contribution in [2.75, 3.05) is 6.61 Å². The highest BCUT2D eigenvalue weighted by molar-refractivity contribution is 5.94. The second-order valence-corrected chi connectivity index (χ2v) is 8.22. The third-order valence-corrected chi connectivity index (χ3v) is 5.29.